The summed E-state index contributed by atoms with van der Waals surface area (Å²) in [6.07, 6.45) is 0.979. The first-order chi connectivity index (χ1) is 7.63. The first-order valence-electron chi connectivity index (χ1n) is 4.21. The van der Waals surface area contributed by atoms with Crippen molar-refractivity contribution in [1.82, 2.24) is 0 Å². The Bertz CT molecular complexity index is 567. The van der Waals surface area contributed by atoms with Crippen LogP contribution < -0.4 is 4.18 Å². The number of halogens is 3. The van der Waals surface area contributed by atoms with Gasteiger partial charge in [0.2, 0.25) is 0 Å². The molecule has 0 aliphatic rings. The molecule has 1 rings (SSSR count). The normalized spacial score (nSPS) is 11.9. The fraction of sp³-hybridized carbons (Fsp3) is 0.200. The van der Waals surface area contributed by atoms with Gasteiger partial charge in [-0.25, -0.2) is 0 Å². The SMILES string of the molecule is C#Cc1ccc(OS(C)(=O)=O)cc1C(F)(F)F. The van der Waals surface area contributed by atoms with Gasteiger partial charge in [-0.15, -0.1) is 6.42 Å². The number of benzene rings is 1. The third kappa shape index (κ3) is 3.67. The van der Waals surface area contributed by atoms with Crippen molar-refractivity contribution in [2.24, 2.45) is 0 Å². The summed E-state index contributed by atoms with van der Waals surface area (Å²) in [5.74, 6) is 1.44. The highest BCUT2D eigenvalue weighted by Crippen LogP contribution is 2.34. The van der Waals surface area contributed by atoms with E-state index in [1.54, 1.807) is 0 Å². The van der Waals surface area contributed by atoms with Gasteiger partial charge in [-0.2, -0.15) is 21.6 Å². The fourth-order valence-electron chi connectivity index (χ4n) is 1.11. The minimum Gasteiger partial charge on any atom is -0.383 e. The van der Waals surface area contributed by atoms with Crippen LogP contribution in [-0.2, 0) is 16.3 Å². The Kier molecular flexibility index (Phi) is 3.38. The van der Waals surface area contributed by atoms with E-state index in [1.807, 2.05) is 5.92 Å². The Hall–Kier alpha value is -1.68. The molecule has 0 saturated carbocycles. The van der Waals surface area contributed by atoms with Crippen molar-refractivity contribution in [2.75, 3.05) is 6.26 Å². The van der Waals surface area contributed by atoms with E-state index < -0.39 is 27.6 Å². The molecule has 0 heterocycles. The van der Waals surface area contributed by atoms with E-state index in [4.69, 9.17) is 6.42 Å². The highest BCUT2D eigenvalue weighted by Gasteiger charge is 2.33. The van der Waals surface area contributed by atoms with Crippen LogP contribution in [0, 0.1) is 12.3 Å². The topological polar surface area (TPSA) is 43.4 Å². The van der Waals surface area contributed by atoms with Crippen molar-refractivity contribution in [3.8, 4) is 18.1 Å². The minimum atomic E-state index is -4.67. The lowest BCUT2D eigenvalue weighted by molar-refractivity contribution is -0.137. The average Bonchev–Trinajstić information content (AvgIpc) is 2.13. The molecule has 0 N–H and O–H groups in total. The minimum absolute atomic E-state index is 0.377. The quantitative estimate of drug-likeness (QED) is 0.606. The third-order valence-corrected chi connectivity index (χ3v) is 2.19. The van der Waals surface area contributed by atoms with Gasteiger partial charge in [0.1, 0.15) is 5.75 Å². The Morgan fingerprint density at radius 1 is 1.35 bits per heavy atom. The van der Waals surface area contributed by atoms with E-state index in [9.17, 15) is 21.6 Å². The first kappa shape index (κ1) is 13.4. The zero-order valence-corrected chi connectivity index (χ0v) is 9.39. The molecule has 1 aromatic carbocycles. The highest BCUT2D eigenvalue weighted by molar-refractivity contribution is 7.86. The largest absolute Gasteiger partial charge is 0.417 e. The Morgan fingerprint density at radius 3 is 2.35 bits per heavy atom. The maximum absolute atomic E-state index is 12.5. The zero-order chi connectivity index (χ0) is 13.3. The number of hydrogen-bond donors (Lipinski definition) is 0. The summed E-state index contributed by atoms with van der Waals surface area (Å²) in [4.78, 5) is 0. The molecule has 0 amide bonds. The van der Waals surface area contributed by atoms with Crippen molar-refractivity contribution >= 4 is 10.1 Å². The molecule has 3 nitrogen and oxygen atoms in total. The smallest absolute Gasteiger partial charge is 0.383 e. The van der Waals surface area contributed by atoms with Crippen molar-refractivity contribution in [1.29, 1.82) is 0 Å². The van der Waals surface area contributed by atoms with E-state index >= 15 is 0 Å². The molecule has 0 radical (unpaired) electrons. The van der Waals surface area contributed by atoms with Crippen LogP contribution in [0.25, 0.3) is 0 Å². The summed E-state index contributed by atoms with van der Waals surface area (Å²) >= 11 is 0. The summed E-state index contributed by atoms with van der Waals surface area (Å²) in [7, 11) is -3.88. The van der Waals surface area contributed by atoms with Gasteiger partial charge in [-0.3, -0.25) is 0 Å². The molecular weight excluding hydrogens is 257 g/mol. The standard InChI is InChI=1S/C10H7F3O3S/c1-3-7-4-5-8(16-17(2,14)15)6-9(7)10(11,12)13/h1,4-6H,2H3. The van der Waals surface area contributed by atoms with E-state index in [-0.39, 0.29) is 5.56 Å². The molecule has 1 aromatic rings. The third-order valence-electron chi connectivity index (χ3n) is 1.70. The highest BCUT2D eigenvalue weighted by atomic mass is 32.2. The van der Waals surface area contributed by atoms with Gasteiger partial charge in [0.25, 0.3) is 0 Å². The van der Waals surface area contributed by atoms with Gasteiger partial charge >= 0.3 is 16.3 Å². The Labute approximate surface area is 96.3 Å². The van der Waals surface area contributed by atoms with Crippen molar-refractivity contribution in [2.45, 2.75) is 6.18 Å². The molecule has 17 heavy (non-hydrogen) atoms. The maximum Gasteiger partial charge on any atom is 0.417 e. The molecule has 0 aliphatic heterocycles. The van der Waals surface area contributed by atoms with Crippen LogP contribution in [0.1, 0.15) is 11.1 Å². The summed E-state index contributed by atoms with van der Waals surface area (Å²) in [6, 6.07) is 2.59. The molecule has 0 aliphatic carbocycles. The van der Waals surface area contributed by atoms with E-state index in [1.165, 1.54) is 0 Å². The molecule has 0 aromatic heterocycles. The predicted molar refractivity (Wildman–Crippen MR) is 54.9 cm³/mol. The van der Waals surface area contributed by atoms with Gasteiger partial charge in [0.15, 0.2) is 0 Å². The molecule has 0 unspecified atom stereocenters. The van der Waals surface area contributed by atoms with Gasteiger partial charge in [-0.1, -0.05) is 5.92 Å². The van der Waals surface area contributed by atoms with Crippen molar-refractivity contribution in [3.63, 3.8) is 0 Å². The Balaban J connectivity index is 3.29. The molecule has 0 fully saturated rings. The summed E-state index contributed by atoms with van der Waals surface area (Å²) in [5, 5.41) is 0. The summed E-state index contributed by atoms with van der Waals surface area (Å²) < 4.78 is 63.5. The molecule has 0 saturated heterocycles. The second kappa shape index (κ2) is 4.30. The fourth-order valence-corrected chi connectivity index (χ4v) is 1.56. The molecule has 0 atom stereocenters. The predicted octanol–water partition coefficient (Wildman–Crippen LogP) is 2.03. The second-order valence-electron chi connectivity index (χ2n) is 3.14. The first-order valence-corrected chi connectivity index (χ1v) is 6.02. The van der Waals surface area contributed by atoms with Crippen LogP contribution in [0.2, 0.25) is 0 Å². The van der Waals surface area contributed by atoms with Gasteiger partial charge in [0.05, 0.1) is 11.8 Å². The second-order valence-corrected chi connectivity index (χ2v) is 4.71. The van der Waals surface area contributed by atoms with Crippen LogP contribution in [0.4, 0.5) is 13.2 Å². The lowest BCUT2D eigenvalue weighted by Crippen LogP contribution is -2.10. The van der Waals surface area contributed by atoms with Crippen LogP contribution in [0.5, 0.6) is 5.75 Å². The van der Waals surface area contributed by atoms with E-state index in [0.29, 0.717) is 6.07 Å². The van der Waals surface area contributed by atoms with Gasteiger partial charge < -0.3 is 4.18 Å². The summed E-state index contributed by atoms with van der Waals surface area (Å²) in [5.41, 5.74) is -1.49. The van der Waals surface area contributed by atoms with Crippen LogP contribution in [0.15, 0.2) is 18.2 Å². The molecule has 92 valence electrons. The molecule has 7 heteroatoms. The number of terminal acetylenes is 1. The lowest BCUT2D eigenvalue weighted by atomic mass is 10.1. The molecular formula is C10H7F3O3S. The van der Waals surface area contributed by atoms with E-state index in [0.717, 1.165) is 18.4 Å². The number of hydrogen-bond acceptors (Lipinski definition) is 3. The van der Waals surface area contributed by atoms with Gasteiger partial charge in [0, 0.05) is 5.56 Å². The van der Waals surface area contributed by atoms with Crippen molar-refractivity contribution in [3.05, 3.63) is 29.3 Å². The Morgan fingerprint density at radius 2 is 1.94 bits per heavy atom. The van der Waals surface area contributed by atoms with Gasteiger partial charge in [-0.05, 0) is 18.2 Å². The van der Waals surface area contributed by atoms with Crippen molar-refractivity contribution < 1.29 is 25.8 Å². The average molecular weight is 264 g/mol. The molecule has 0 bridgehead atoms. The van der Waals surface area contributed by atoms with Crippen LogP contribution >= 0.6 is 0 Å². The van der Waals surface area contributed by atoms with Crippen LogP contribution in [-0.4, -0.2) is 14.7 Å². The van der Waals surface area contributed by atoms with Crippen LogP contribution in [0.3, 0.4) is 0 Å². The zero-order valence-electron chi connectivity index (χ0n) is 8.58. The number of alkyl halides is 3. The monoisotopic (exact) mass is 264 g/mol. The van der Waals surface area contributed by atoms with E-state index in [2.05, 4.69) is 4.18 Å². The number of rotatable bonds is 2. The maximum atomic E-state index is 12.5. The lowest BCUT2D eigenvalue weighted by Gasteiger charge is -2.11. The summed E-state index contributed by atoms with van der Waals surface area (Å²) in [6.45, 7) is 0. The molecule has 0 spiro atoms.